The van der Waals surface area contributed by atoms with Crippen LogP contribution in [0.4, 0.5) is 0 Å². The number of nitrogens with zero attached hydrogens (tertiary/aromatic N) is 1. The molecule has 1 aliphatic rings. The third-order valence-corrected chi connectivity index (χ3v) is 4.43. The smallest absolute Gasteiger partial charge is 0.255 e. The van der Waals surface area contributed by atoms with Gasteiger partial charge in [0.15, 0.2) is 0 Å². The highest BCUT2D eigenvalue weighted by atomic mass is 32.2. The van der Waals surface area contributed by atoms with Gasteiger partial charge in [-0.25, -0.2) is 0 Å². The number of aromatic hydroxyl groups is 1. The molecule has 0 aliphatic heterocycles. The van der Waals surface area contributed by atoms with Gasteiger partial charge in [0, 0.05) is 17.5 Å². The summed E-state index contributed by atoms with van der Waals surface area (Å²) in [4.78, 5) is 15.8. The molecule has 1 amide bonds. The first-order valence-corrected chi connectivity index (χ1v) is 7.46. The van der Waals surface area contributed by atoms with E-state index in [-0.39, 0.29) is 17.7 Å². The van der Waals surface area contributed by atoms with Crippen molar-refractivity contribution < 1.29 is 9.90 Å². The summed E-state index contributed by atoms with van der Waals surface area (Å²) in [6.07, 6.45) is 9.34. The number of thioether (sulfide) groups is 1. The topological polar surface area (TPSA) is 62.2 Å². The van der Waals surface area contributed by atoms with E-state index in [1.54, 1.807) is 6.07 Å². The zero-order valence-corrected chi connectivity index (χ0v) is 11.2. The van der Waals surface area contributed by atoms with Crippen molar-refractivity contribution in [2.45, 2.75) is 37.0 Å². The van der Waals surface area contributed by atoms with Crippen LogP contribution in [0.25, 0.3) is 0 Å². The molecule has 98 valence electrons. The van der Waals surface area contributed by atoms with Gasteiger partial charge in [0.05, 0.1) is 11.8 Å². The Labute approximate surface area is 111 Å². The summed E-state index contributed by atoms with van der Waals surface area (Å²) < 4.78 is 0. The largest absolute Gasteiger partial charge is 0.505 e. The third kappa shape index (κ3) is 3.16. The second kappa shape index (κ2) is 6.09. The molecule has 2 atom stereocenters. The van der Waals surface area contributed by atoms with Crippen LogP contribution in [-0.2, 0) is 0 Å². The van der Waals surface area contributed by atoms with Gasteiger partial charge in [-0.15, -0.1) is 0 Å². The molecule has 2 rings (SSSR count). The van der Waals surface area contributed by atoms with Crippen LogP contribution >= 0.6 is 11.8 Å². The SMILES string of the molecule is CSC1CCCC(NC(=O)c2ccncc2O)C1. The van der Waals surface area contributed by atoms with Crippen molar-refractivity contribution in [2.24, 2.45) is 0 Å². The van der Waals surface area contributed by atoms with E-state index in [0.717, 1.165) is 19.3 Å². The first-order chi connectivity index (χ1) is 8.70. The Morgan fingerprint density at radius 1 is 1.56 bits per heavy atom. The fourth-order valence-electron chi connectivity index (χ4n) is 2.33. The van der Waals surface area contributed by atoms with E-state index in [0.29, 0.717) is 10.8 Å². The fraction of sp³-hybridized carbons (Fsp3) is 0.538. The summed E-state index contributed by atoms with van der Waals surface area (Å²) in [7, 11) is 0. The van der Waals surface area contributed by atoms with Gasteiger partial charge in [0.2, 0.25) is 0 Å². The summed E-state index contributed by atoms with van der Waals surface area (Å²) >= 11 is 1.86. The van der Waals surface area contributed by atoms with Crippen molar-refractivity contribution in [2.75, 3.05) is 6.26 Å². The lowest BCUT2D eigenvalue weighted by Gasteiger charge is -2.28. The molecule has 1 aromatic rings. The van der Waals surface area contributed by atoms with E-state index in [2.05, 4.69) is 16.6 Å². The van der Waals surface area contributed by atoms with Crippen LogP contribution in [0.15, 0.2) is 18.5 Å². The van der Waals surface area contributed by atoms with Crippen molar-refractivity contribution in [3.63, 3.8) is 0 Å². The lowest BCUT2D eigenvalue weighted by atomic mass is 9.94. The van der Waals surface area contributed by atoms with E-state index >= 15 is 0 Å². The molecular formula is C13H18N2O2S. The van der Waals surface area contributed by atoms with Gasteiger partial charge in [0.25, 0.3) is 5.91 Å². The minimum atomic E-state index is -0.207. The molecule has 2 unspecified atom stereocenters. The minimum absolute atomic E-state index is 0.0628. The van der Waals surface area contributed by atoms with E-state index in [1.807, 2.05) is 11.8 Å². The van der Waals surface area contributed by atoms with Crippen LogP contribution in [0.1, 0.15) is 36.0 Å². The van der Waals surface area contributed by atoms with Gasteiger partial charge in [-0.1, -0.05) is 6.42 Å². The minimum Gasteiger partial charge on any atom is -0.505 e. The Bertz CT molecular complexity index is 425. The maximum Gasteiger partial charge on any atom is 0.255 e. The lowest BCUT2D eigenvalue weighted by molar-refractivity contribution is 0.0925. The van der Waals surface area contributed by atoms with Crippen LogP contribution in [0, 0.1) is 0 Å². The predicted molar refractivity (Wildman–Crippen MR) is 72.9 cm³/mol. The van der Waals surface area contributed by atoms with E-state index in [4.69, 9.17) is 0 Å². The molecule has 1 aliphatic carbocycles. The number of nitrogens with one attached hydrogen (secondary N) is 1. The Morgan fingerprint density at radius 3 is 3.11 bits per heavy atom. The van der Waals surface area contributed by atoms with Gasteiger partial charge in [0.1, 0.15) is 5.75 Å². The van der Waals surface area contributed by atoms with Gasteiger partial charge >= 0.3 is 0 Å². The second-order valence-electron chi connectivity index (χ2n) is 4.59. The van der Waals surface area contributed by atoms with Crippen LogP contribution in [0.5, 0.6) is 5.75 Å². The molecule has 2 N–H and O–H groups in total. The molecule has 1 aromatic heterocycles. The summed E-state index contributed by atoms with van der Waals surface area (Å²) in [5.41, 5.74) is 0.302. The Morgan fingerprint density at radius 2 is 2.39 bits per heavy atom. The van der Waals surface area contributed by atoms with Crippen LogP contribution < -0.4 is 5.32 Å². The molecule has 18 heavy (non-hydrogen) atoms. The number of pyridine rings is 1. The number of amides is 1. The molecule has 0 bridgehead atoms. The van der Waals surface area contributed by atoms with Crippen LogP contribution in [-0.4, -0.2) is 33.5 Å². The number of carbonyl (C=O) groups is 1. The maximum absolute atomic E-state index is 12.0. The fourth-order valence-corrected chi connectivity index (χ4v) is 3.16. The highest BCUT2D eigenvalue weighted by Gasteiger charge is 2.23. The highest BCUT2D eigenvalue weighted by molar-refractivity contribution is 7.99. The summed E-state index contributed by atoms with van der Waals surface area (Å²) in [6, 6.07) is 1.76. The summed E-state index contributed by atoms with van der Waals surface area (Å²) in [6.45, 7) is 0. The Hall–Kier alpha value is -1.23. The number of hydrogen-bond acceptors (Lipinski definition) is 4. The van der Waals surface area contributed by atoms with Gasteiger partial charge in [-0.05, 0) is 31.6 Å². The van der Waals surface area contributed by atoms with Crippen molar-refractivity contribution in [1.82, 2.24) is 10.3 Å². The third-order valence-electron chi connectivity index (χ3n) is 3.34. The first-order valence-electron chi connectivity index (χ1n) is 6.17. The molecular weight excluding hydrogens is 248 g/mol. The lowest BCUT2D eigenvalue weighted by Crippen LogP contribution is -2.39. The molecule has 4 nitrogen and oxygen atoms in total. The molecule has 0 spiro atoms. The Kier molecular flexibility index (Phi) is 4.47. The van der Waals surface area contributed by atoms with E-state index < -0.39 is 0 Å². The van der Waals surface area contributed by atoms with Crippen molar-refractivity contribution in [1.29, 1.82) is 0 Å². The predicted octanol–water partition coefficient (Wildman–Crippen LogP) is 2.19. The van der Waals surface area contributed by atoms with Crippen molar-refractivity contribution >= 4 is 17.7 Å². The monoisotopic (exact) mass is 266 g/mol. The molecule has 1 heterocycles. The van der Waals surface area contributed by atoms with Crippen LogP contribution in [0.2, 0.25) is 0 Å². The molecule has 5 heteroatoms. The Balaban J connectivity index is 1.97. The zero-order valence-electron chi connectivity index (χ0n) is 10.4. The quantitative estimate of drug-likeness (QED) is 0.880. The molecule has 0 saturated heterocycles. The first kappa shape index (κ1) is 13.2. The average molecular weight is 266 g/mol. The number of hydrogen-bond donors (Lipinski definition) is 2. The maximum atomic E-state index is 12.0. The van der Waals surface area contributed by atoms with Crippen molar-refractivity contribution in [3.05, 3.63) is 24.0 Å². The summed E-state index contributed by atoms with van der Waals surface area (Å²) in [5.74, 6) is -0.270. The number of carbonyl (C=O) groups excluding carboxylic acids is 1. The van der Waals surface area contributed by atoms with Crippen LogP contribution in [0.3, 0.4) is 0 Å². The van der Waals surface area contributed by atoms with Gasteiger partial charge in [-0.2, -0.15) is 11.8 Å². The van der Waals surface area contributed by atoms with Gasteiger partial charge < -0.3 is 10.4 Å². The number of rotatable bonds is 3. The zero-order chi connectivity index (χ0) is 13.0. The van der Waals surface area contributed by atoms with E-state index in [1.165, 1.54) is 18.8 Å². The normalized spacial score (nSPS) is 23.6. The highest BCUT2D eigenvalue weighted by Crippen LogP contribution is 2.27. The van der Waals surface area contributed by atoms with E-state index in [9.17, 15) is 9.90 Å². The molecule has 0 aromatic carbocycles. The summed E-state index contributed by atoms with van der Waals surface area (Å²) in [5, 5.41) is 13.2. The molecule has 1 saturated carbocycles. The average Bonchev–Trinajstić information content (AvgIpc) is 2.39. The molecule has 0 radical (unpaired) electrons. The molecule has 1 fully saturated rings. The van der Waals surface area contributed by atoms with Crippen molar-refractivity contribution in [3.8, 4) is 5.75 Å². The standard InChI is InChI=1S/C13H18N2O2S/c1-18-10-4-2-3-9(7-10)15-13(17)11-5-6-14-8-12(11)16/h5-6,8-10,16H,2-4,7H2,1H3,(H,15,17). The second-order valence-corrected chi connectivity index (χ2v) is 5.73. The number of aromatic nitrogens is 1. The van der Waals surface area contributed by atoms with Gasteiger partial charge in [-0.3, -0.25) is 9.78 Å².